The highest BCUT2D eigenvalue weighted by Crippen LogP contribution is 2.22. The van der Waals surface area contributed by atoms with Crippen LogP contribution in [0.2, 0.25) is 0 Å². The molecule has 0 heterocycles. The fraction of sp³-hybridized carbons (Fsp3) is 0.900. The van der Waals surface area contributed by atoms with Crippen LogP contribution in [0.1, 0.15) is 25.7 Å². The van der Waals surface area contributed by atoms with Crippen molar-refractivity contribution in [2.45, 2.75) is 37.8 Å². The van der Waals surface area contributed by atoms with Crippen LogP contribution in [0.25, 0.3) is 0 Å². The van der Waals surface area contributed by atoms with Crippen molar-refractivity contribution < 1.29 is 9.53 Å². The van der Waals surface area contributed by atoms with E-state index < -0.39 is 0 Å². The summed E-state index contributed by atoms with van der Waals surface area (Å²) in [7, 11) is 3.61. The molecule has 2 N–H and O–H groups in total. The molecule has 0 bridgehead atoms. The van der Waals surface area contributed by atoms with Gasteiger partial charge in [-0.15, -0.1) is 0 Å². The maximum atomic E-state index is 11.3. The minimum atomic E-state index is 0.166. The van der Waals surface area contributed by atoms with E-state index in [1.807, 2.05) is 7.05 Å². The molecule has 1 fully saturated rings. The van der Waals surface area contributed by atoms with E-state index in [9.17, 15) is 4.79 Å². The third kappa shape index (κ3) is 3.64. The SMILES string of the molecule is CNCCCC(=O)NC1CC(OC)C1. The first-order chi connectivity index (χ1) is 6.76. The van der Waals surface area contributed by atoms with E-state index in [4.69, 9.17) is 4.74 Å². The summed E-state index contributed by atoms with van der Waals surface area (Å²) >= 11 is 0. The monoisotopic (exact) mass is 200 g/mol. The van der Waals surface area contributed by atoms with Gasteiger partial charge in [0.2, 0.25) is 5.91 Å². The van der Waals surface area contributed by atoms with Crippen molar-refractivity contribution in [3.63, 3.8) is 0 Å². The molecule has 1 amide bonds. The number of hydrogen-bond donors (Lipinski definition) is 2. The molecule has 0 aliphatic heterocycles. The number of hydrogen-bond acceptors (Lipinski definition) is 3. The predicted molar refractivity (Wildman–Crippen MR) is 55.1 cm³/mol. The molecule has 0 atom stereocenters. The lowest BCUT2D eigenvalue weighted by Crippen LogP contribution is -2.47. The number of methoxy groups -OCH3 is 1. The molecule has 0 aromatic rings. The Morgan fingerprint density at radius 3 is 2.79 bits per heavy atom. The highest BCUT2D eigenvalue weighted by Gasteiger charge is 2.29. The van der Waals surface area contributed by atoms with Crippen LogP contribution in [-0.4, -0.2) is 38.8 Å². The summed E-state index contributed by atoms with van der Waals surface area (Å²) in [5.41, 5.74) is 0. The van der Waals surface area contributed by atoms with E-state index in [1.54, 1.807) is 7.11 Å². The number of carbonyl (C=O) groups is 1. The summed E-state index contributed by atoms with van der Waals surface area (Å²) < 4.78 is 5.14. The van der Waals surface area contributed by atoms with E-state index in [0.29, 0.717) is 18.6 Å². The second-order valence-electron chi connectivity index (χ2n) is 3.80. The lowest BCUT2D eigenvalue weighted by Gasteiger charge is -2.34. The standard InChI is InChI=1S/C10H20N2O2/c1-11-5-3-4-10(13)12-8-6-9(7-8)14-2/h8-9,11H,3-7H2,1-2H3,(H,12,13). The van der Waals surface area contributed by atoms with Gasteiger partial charge in [-0.05, 0) is 32.9 Å². The molecule has 1 aliphatic carbocycles. The first-order valence-electron chi connectivity index (χ1n) is 5.23. The van der Waals surface area contributed by atoms with Crippen LogP contribution in [0.4, 0.5) is 0 Å². The number of ether oxygens (including phenoxy) is 1. The molecule has 0 unspecified atom stereocenters. The van der Waals surface area contributed by atoms with Crippen LogP contribution in [0.3, 0.4) is 0 Å². The molecule has 0 aromatic carbocycles. The Labute approximate surface area is 85.4 Å². The third-order valence-electron chi connectivity index (χ3n) is 2.62. The van der Waals surface area contributed by atoms with Crippen LogP contribution in [0.5, 0.6) is 0 Å². The van der Waals surface area contributed by atoms with E-state index in [-0.39, 0.29) is 5.91 Å². The zero-order valence-electron chi connectivity index (χ0n) is 9.01. The molecule has 0 radical (unpaired) electrons. The zero-order chi connectivity index (χ0) is 10.4. The van der Waals surface area contributed by atoms with Crippen LogP contribution in [-0.2, 0) is 9.53 Å². The molecule has 0 saturated heterocycles. The number of nitrogens with one attached hydrogen (secondary N) is 2. The summed E-state index contributed by atoms with van der Waals surface area (Å²) in [6, 6.07) is 0.349. The predicted octanol–water partition coefficient (Wildman–Crippen LogP) is 0.280. The van der Waals surface area contributed by atoms with Gasteiger partial charge in [0, 0.05) is 19.6 Å². The Morgan fingerprint density at radius 2 is 2.21 bits per heavy atom. The van der Waals surface area contributed by atoms with Crippen molar-refractivity contribution in [3.8, 4) is 0 Å². The molecule has 1 rings (SSSR count). The van der Waals surface area contributed by atoms with Gasteiger partial charge in [-0.3, -0.25) is 4.79 Å². The summed E-state index contributed by atoms with van der Waals surface area (Å²) in [4.78, 5) is 11.3. The van der Waals surface area contributed by atoms with Crippen LogP contribution in [0.15, 0.2) is 0 Å². The van der Waals surface area contributed by atoms with Gasteiger partial charge in [0.05, 0.1) is 6.10 Å². The van der Waals surface area contributed by atoms with E-state index >= 15 is 0 Å². The first kappa shape index (κ1) is 11.5. The number of rotatable bonds is 6. The van der Waals surface area contributed by atoms with Crippen molar-refractivity contribution in [1.29, 1.82) is 0 Å². The quantitative estimate of drug-likeness (QED) is 0.605. The molecule has 4 heteroatoms. The lowest BCUT2D eigenvalue weighted by molar-refractivity contribution is -0.123. The van der Waals surface area contributed by atoms with Crippen molar-refractivity contribution in [2.24, 2.45) is 0 Å². The Balaban J connectivity index is 1.99. The molecular formula is C10H20N2O2. The van der Waals surface area contributed by atoms with E-state index in [0.717, 1.165) is 25.8 Å². The maximum Gasteiger partial charge on any atom is 0.220 e. The Bertz CT molecular complexity index is 179. The fourth-order valence-corrected chi connectivity index (χ4v) is 1.60. The maximum absolute atomic E-state index is 11.3. The van der Waals surface area contributed by atoms with Crippen LogP contribution >= 0.6 is 0 Å². The molecule has 82 valence electrons. The summed E-state index contributed by atoms with van der Waals surface area (Å²) in [5.74, 6) is 0.166. The van der Waals surface area contributed by atoms with Gasteiger partial charge in [0.15, 0.2) is 0 Å². The average Bonchev–Trinajstić information content (AvgIpc) is 2.11. The topological polar surface area (TPSA) is 50.4 Å². The van der Waals surface area contributed by atoms with Crippen molar-refractivity contribution >= 4 is 5.91 Å². The number of carbonyl (C=O) groups excluding carboxylic acids is 1. The Kier molecular flexibility index (Phi) is 4.90. The normalized spacial score (nSPS) is 25.6. The van der Waals surface area contributed by atoms with Crippen LogP contribution < -0.4 is 10.6 Å². The minimum Gasteiger partial charge on any atom is -0.381 e. The zero-order valence-corrected chi connectivity index (χ0v) is 9.01. The van der Waals surface area contributed by atoms with Gasteiger partial charge < -0.3 is 15.4 Å². The lowest BCUT2D eigenvalue weighted by atomic mass is 9.89. The molecule has 1 aliphatic rings. The average molecular weight is 200 g/mol. The second-order valence-corrected chi connectivity index (χ2v) is 3.80. The number of amides is 1. The molecule has 0 aromatic heterocycles. The smallest absolute Gasteiger partial charge is 0.220 e. The third-order valence-corrected chi connectivity index (χ3v) is 2.62. The van der Waals surface area contributed by atoms with Gasteiger partial charge in [-0.1, -0.05) is 0 Å². The van der Waals surface area contributed by atoms with Gasteiger partial charge in [0.1, 0.15) is 0 Å². The highest BCUT2D eigenvalue weighted by atomic mass is 16.5. The van der Waals surface area contributed by atoms with Crippen LogP contribution in [0, 0.1) is 0 Å². The summed E-state index contributed by atoms with van der Waals surface area (Å²) in [6.45, 7) is 0.902. The second kappa shape index (κ2) is 5.98. The van der Waals surface area contributed by atoms with Gasteiger partial charge >= 0.3 is 0 Å². The molecule has 1 saturated carbocycles. The van der Waals surface area contributed by atoms with Gasteiger partial charge in [-0.25, -0.2) is 0 Å². The molecule has 14 heavy (non-hydrogen) atoms. The van der Waals surface area contributed by atoms with Crippen molar-refractivity contribution in [2.75, 3.05) is 20.7 Å². The molecule has 4 nitrogen and oxygen atoms in total. The first-order valence-corrected chi connectivity index (χ1v) is 5.23. The summed E-state index contributed by atoms with van der Waals surface area (Å²) in [6.07, 6.45) is 3.82. The highest BCUT2D eigenvalue weighted by molar-refractivity contribution is 5.76. The van der Waals surface area contributed by atoms with Gasteiger partial charge in [-0.2, -0.15) is 0 Å². The Hall–Kier alpha value is -0.610. The molecular weight excluding hydrogens is 180 g/mol. The van der Waals surface area contributed by atoms with Gasteiger partial charge in [0.25, 0.3) is 0 Å². The van der Waals surface area contributed by atoms with Crippen molar-refractivity contribution in [1.82, 2.24) is 10.6 Å². The fourth-order valence-electron chi connectivity index (χ4n) is 1.60. The van der Waals surface area contributed by atoms with E-state index in [1.165, 1.54) is 0 Å². The Morgan fingerprint density at radius 1 is 1.50 bits per heavy atom. The summed E-state index contributed by atoms with van der Waals surface area (Å²) in [5, 5.41) is 6.01. The molecule has 0 spiro atoms. The van der Waals surface area contributed by atoms with Crippen molar-refractivity contribution in [3.05, 3.63) is 0 Å². The largest absolute Gasteiger partial charge is 0.381 e. The minimum absolute atomic E-state index is 0.166. The van der Waals surface area contributed by atoms with E-state index in [2.05, 4.69) is 10.6 Å².